The second kappa shape index (κ2) is 8.83. The number of aliphatic carboxylic acids is 1. The molecule has 36 heavy (non-hydrogen) atoms. The smallest absolute Gasteiger partial charge is 0.304 e. The fourth-order valence-electron chi connectivity index (χ4n) is 4.13. The van der Waals surface area contributed by atoms with E-state index in [-0.39, 0.29) is 16.6 Å². The highest BCUT2D eigenvalue weighted by atomic mass is 32.2. The van der Waals surface area contributed by atoms with Crippen LogP contribution in [0.15, 0.2) is 72.0 Å². The van der Waals surface area contributed by atoms with Crippen LogP contribution in [-0.4, -0.2) is 45.9 Å². The number of pyridine rings is 1. The standard InChI is InChI=1S/C25H21FN4O5S/c26-17-4-6-18(7-5-17)30-22-15-27-13-21(20(22)14-28-30)24(33)29-25(9-10-25)16-2-1-3-19(12-16)36(34,35)11-8-23(31)32/h1-7,12-15H,8-11H2,(H,29,33)(H,31,32). The largest absolute Gasteiger partial charge is 0.481 e. The number of carboxylic acid groups (broad SMARTS) is 1. The Morgan fingerprint density at radius 2 is 1.83 bits per heavy atom. The summed E-state index contributed by atoms with van der Waals surface area (Å²) in [6.07, 6.45) is 5.31. The lowest BCUT2D eigenvalue weighted by Gasteiger charge is -2.19. The molecule has 0 spiro atoms. The van der Waals surface area contributed by atoms with Gasteiger partial charge >= 0.3 is 5.97 Å². The van der Waals surface area contributed by atoms with Crippen molar-refractivity contribution in [2.24, 2.45) is 0 Å². The van der Waals surface area contributed by atoms with Gasteiger partial charge in [-0.05, 0) is 54.8 Å². The van der Waals surface area contributed by atoms with Crippen LogP contribution in [0.3, 0.4) is 0 Å². The van der Waals surface area contributed by atoms with E-state index in [1.54, 1.807) is 41.3 Å². The zero-order chi connectivity index (χ0) is 25.5. The molecule has 1 amide bonds. The van der Waals surface area contributed by atoms with Gasteiger partial charge in [0.1, 0.15) is 5.82 Å². The minimum Gasteiger partial charge on any atom is -0.481 e. The van der Waals surface area contributed by atoms with E-state index in [1.807, 2.05) is 0 Å². The molecule has 0 unspecified atom stereocenters. The van der Waals surface area contributed by atoms with Crippen molar-refractivity contribution >= 4 is 32.6 Å². The van der Waals surface area contributed by atoms with Crippen LogP contribution in [0.5, 0.6) is 0 Å². The first-order valence-electron chi connectivity index (χ1n) is 11.1. The van der Waals surface area contributed by atoms with Crippen LogP contribution in [0.1, 0.15) is 35.2 Å². The number of hydrogen-bond donors (Lipinski definition) is 2. The maximum atomic E-state index is 13.3. The summed E-state index contributed by atoms with van der Waals surface area (Å²) in [5.41, 5.74) is 1.40. The Balaban J connectivity index is 1.42. The van der Waals surface area contributed by atoms with Crippen LogP contribution < -0.4 is 5.32 Å². The van der Waals surface area contributed by atoms with Crippen LogP contribution in [0, 0.1) is 5.82 Å². The van der Waals surface area contributed by atoms with Crippen molar-refractivity contribution in [1.82, 2.24) is 20.1 Å². The summed E-state index contributed by atoms with van der Waals surface area (Å²) >= 11 is 0. The molecule has 11 heteroatoms. The summed E-state index contributed by atoms with van der Waals surface area (Å²) in [4.78, 5) is 28.3. The molecule has 1 aliphatic rings. The average molecular weight is 509 g/mol. The number of halogens is 1. The van der Waals surface area contributed by atoms with E-state index in [4.69, 9.17) is 5.11 Å². The summed E-state index contributed by atoms with van der Waals surface area (Å²) in [5, 5.41) is 16.8. The molecule has 2 heterocycles. The zero-order valence-electron chi connectivity index (χ0n) is 18.9. The van der Waals surface area contributed by atoms with Crippen molar-refractivity contribution in [1.29, 1.82) is 0 Å². The van der Waals surface area contributed by atoms with Gasteiger partial charge in [-0.15, -0.1) is 0 Å². The minimum absolute atomic E-state index is 0.0196. The Morgan fingerprint density at radius 3 is 2.53 bits per heavy atom. The summed E-state index contributed by atoms with van der Waals surface area (Å²) in [6, 6.07) is 12.0. The predicted molar refractivity (Wildman–Crippen MR) is 128 cm³/mol. The maximum absolute atomic E-state index is 13.3. The molecule has 0 atom stereocenters. The molecule has 0 bridgehead atoms. The highest BCUT2D eigenvalue weighted by molar-refractivity contribution is 7.91. The average Bonchev–Trinajstić information content (AvgIpc) is 3.52. The third-order valence-corrected chi connectivity index (χ3v) is 7.96. The topological polar surface area (TPSA) is 131 Å². The van der Waals surface area contributed by atoms with E-state index < -0.39 is 33.5 Å². The number of rotatable bonds is 8. The van der Waals surface area contributed by atoms with Crippen LogP contribution in [0.25, 0.3) is 16.6 Å². The van der Waals surface area contributed by atoms with Gasteiger partial charge in [0.2, 0.25) is 0 Å². The molecule has 0 radical (unpaired) electrons. The molecule has 1 saturated carbocycles. The van der Waals surface area contributed by atoms with E-state index >= 15 is 0 Å². The molecular formula is C25H21FN4O5S. The highest BCUT2D eigenvalue weighted by Crippen LogP contribution is 2.46. The van der Waals surface area contributed by atoms with Gasteiger partial charge in [-0.1, -0.05) is 12.1 Å². The number of fused-ring (bicyclic) bond motifs is 1. The summed E-state index contributed by atoms with van der Waals surface area (Å²) in [7, 11) is -3.78. The normalized spacial score (nSPS) is 14.5. The summed E-state index contributed by atoms with van der Waals surface area (Å²) < 4.78 is 40.0. The lowest BCUT2D eigenvalue weighted by molar-refractivity contribution is -0.136. The molecule has 5 rings (SSSR count). The number of nitrogens with zero attached hydrogens (tertiary/aromatic N) is 3. The maximum Gasteiger partial charge on any atom is 0.304 e. The molecule has 1 fully saturated rings. The number of hydrogen-bond acceptors (Lipinski definition) is 6. The molecule has 0 aliphatic heterocycles. The first-order valence-corrected chi connectivity index (χ1v) is 12.8. The lowest BCUT2D eigenvalue weighted by Crippen LogP contribution is -2.35. The minimum atomic E-state index is -3.78. The van der Waals surface area contributed by atoms with Crippen molar-refractivity contribution in [3.63, 3.8) is 0 Å². The second-order valence-corrected chi connectivity index (χ2v) is 10.8. The fourth-order valence-corrected chi connectivity index (χ4v) is 5.40. The van der Waals surface area contributed by atoms with Gasteiger partial charge in [-0.2, -0.15) is 5.10 Å². The lowest BCUT2D eigenvalue weighted by atomic mass is 10.0. The van der Waals surface area contributed by atoms with E-state index in [0.717, 1.165) is 0 Å². The van der Waals surface area contributed by atoms with Gasteiger partial charge in [-0.3, -0.25) is 14.6 Å². The highest BCUT2D eigenvalue weighted by Gasteiger charge is 2.46. The molecule has 1 aliphatic carbocycles. The van der Waals surface area contributed by atoms with Crippen molar-refractivity contribution in [2.45, 2.75) is 29.7 Å². The van der Waals surface area contributed by atoms with E-state index in [2.05, 4.69) is 15.4 Å². The van der Waals surface area contributed by atoms with Gasteiger partial charge in [0, 0.05) is 11.6 Å². The van der Waals surface area contributed by atoms with Crippen molar-refractivity contribution in [3.05, 3.63) is 84.1 Å². The number of carbonyl (C=O) groups is 2. The first kappa shape index (κ1) is 23.6. The number of benzene rings is 2. The number of sulfone groups is 1. The van der Waals surface area contributed by atoms with Gasteiger partial charge in [0.15, 0.2) is 9.84 Å². The summed E-state index contributed by atoms with van der Waals surface area (Å²) in [5.74, 6) is -2.45. The Bertz CT molecular complexity index is 1590. The van der Waals surface area contributed by atoms with Crippen LogP contribution >= 0.6 is 0 Å². The third-order valence-electron chi connectivity index (χ3n) is 6.25. The number of carboxylic acids is 1. The molecule has 2 aromatic carbocycles. The number of carbonyl (C=O) groups excluding carboxylic acids is 1. The number of aromatic nitrogens is 3. The van der Waals surface area contributed by atoms with Crippen LogP contribution in [0.2, 0.25) is 0 Å². The molecule has 2 aromatic heterocycles. The Kier molecular flexibility index (Phi) is 5.79. The number of amides is 1. The van der Waals surface area contributed by atoms with Crippen molar-refractivity contribution < 1.29 is 27.5 Å². The quantitative estimate of drug-likeness (QED) is 0.374. The molecule has 2 N–H and O–H groups in total. The third kappa shape index (κ3) is 4.44. The van der Waals surface area contributed by atoms with E-state index in [1.165, 1.54) is 30.5 Å². The SMILES string of the molecule is O=C(O)CCS(=O)(=O)c1cccc(C2(NC(=O)c3cncc4c3cnn4-c3ccc(F)cc3)CC2)c1. The monoisotopic (exact) mass is 508 g/mol. The van der Waals surface area contributed by atoms with Gasteiger partial charge in [0.05, 0.1) is 51.8 Å². The Hall–Kier alpha value is -4.12. The Morgan fingerprint density at radius 1 is 1.08 bits per heavy atom. The fraction of sp³-hybridized carbons (Fsp3) is 0.200. The molecule has 184 valence electrons. The predicted octanol–water partition coefficient (Wildman–Crippen LogP) is 3.23. The molecule has 9 nitrogen and oxygen atoms in total. The molecular weight excluding hydrogens is 487 g/mol. The Labute approximate surface area is 205 Å². The first-order chi connectivity index (χ1) is 17.2. The summed E-state index contributed by atoms with van der Waals surface area (Å²) in [6.45, 7) is 0. The van der Waals surface area contributed by atoms with E-state index in [9.17, 15) is 22.4 Å². The second-order valence-electron chi connectivity index (χ2n) is 8.68. The van der Waals surface area contributed by atoms with Crippen LogP contribution in [0.4, 0.5) is 4.39 Å². The van der Waals surface area contributed by atoms with Crippen molar-refractivity contribution in [2.75, 3.05) is 5.75 Å². The van der Waals surface area contributed by atoms with Crippen molar-refractivity contribution in [3.8, 4) is 5.69 Å². The number of nitrogens with one attached hydrogen (secondary N) is 1. The van der Waals surface area contributed by atoms with E-state index in [0.29, 0.717) is 40.6 Å². The molecule has 0 saturated heterocycles. The van der Waals surface area contributed by atoms with Gasteiger partial charge < -0.3 is 10.4 Å². The van der Waals surface area contributed by atoms with Gasteiger partial charge in [0.25, 0.3) is 5.91 Å². The zero-order valence-corrected chi connectivity index (χ0v) is 19.7. The van der Waals surface area contributed by atoms with Crippen LogP contribution in [-0.2, 0) is 20.2 Å². The molecule has 4 aromatic rings. The van der Waals surface area contributed by atoms with Gasteiger partial charge in [-0.25, -0.2) is 17.5 Å².